The van der Waals surface area contributed by atoms with Crippen LogP contribution < -0.4 is 9.47 Å². The number of carbonyl (C=O) groups excluding carboxylic acids is 1. The summed E-state index contributed by atoms with van der Waals surface area (Å²) in [4.78, 5) is 13.5. The average molecular weight is 632 g/mol. The molecule has 9 nitrogen and oxygen atoms in total. The van der Waals surface area contributed by atoms with Crippen LogP contribution in [0.3, 0.4) is 0 Å². The van der Waals surface area contributed by atoms with Gasteiger partial charge < -0.3 is 39.4 Å². The number of methoxy groups -OCH3 is 2. The molecule has 2 rings (SSSR count). The summed E-state index contributed by atoms with van der Waals surface area (Å²) in [6, 6.07) is 13.1. The van der Waals surface area contributed by atoms with Crippen molar-refractivity contribution in [3.8, 4) is 11.5 Å². The van der Waals surface area contributed by atoms with Gasteiger partial charge in [-0.15, -0.1) is 0 Å². The zero-order valence-electron chi connectivity index (χ0n) is 21.5. The van der Waals surface area contributed by atoms with Gasteiger partial charge in [-0.25, -0.2) is 0 Å². The van der Waals surface area contributed by atoms with E-state index in [9.17, 15) is 25.2 Å². The number of hydrogen-bond donors (Lipinski definition) is 4. The van der Waals surface area contributed by atoms with Gasteiger partial charge >= 0.3 is 0 Å². The third-order valence-electron chi connectivity index (χ3n) is 6.69. The van der Waals surface area contributed by atoms with E-state index in [0.29, 0.717) is 29.2 Å². The van der Waals surface area contributed by atoms with Crippen molar-refractivity contribution >= 4 is 28.4 Å². The number of aliphatic hydroxyl groups excluding tert-OH is 4. The van der Waals surface area contributed by atoms with E-state index in [1.54, 1.807) is 48.5 Å². The summed E-state index contributed by atoms with van der Waals surface area (Å²) < 4.78 is 23.5. The molecular formula is C27H37IO9. The topological polar surface area (TPSA) is 135 Å². The van der Waals surface area contributed by atoms with E-state index in [4.69, 9.17) is 18.9 Å². The second-order valence-electron chi connectivity index (χ2n) is 9.10. The van der Waals surface area contributed by atoms with Gasteiger partial charge in [-0.2, -0.15) is 0 Å². The summed E-state index contributed by atoms with van der Waals surface area (Å²) in [5.41, 5.74) is -0.694. The first-order valence-electron chi connectivity index (χ1n) is 11.9. The summed E-state index contributed by atoms with van der Waals surface area (Å²) in [6.07, 6.45) is 0.782. The largest absolute Gasteiger partial charge is 0.493 e. The van der Waals surface area contributed by atoms with Gasteiger partial charge in [0.15, 0.2) is 0 Å². The predicted molar refractivity (Wildman–Crippen MR) is 146 cm³/mol. The Kier molecular flexibility index (Phi) is 12.2. The minimum atomic E-state index is -1.69. The lowest BCUT2D eigenvalue weighted by Gasteiger charge is -2.30. The third kappa shape index (κ3) is 7.20. The average Bonchev–Trinajstić information content (AvgIpc) is 2.97. The van der Waals surface area contributed by atoms with Gasteiger partial charge in [-0.05, 0) is 55.0 Å². The Morgan fingerprint density at radius 2 is 1.19 bits per heavy atom. The fraction of sp³-hybridized carbons (Fsp3) is 0.519. The van der Waals surface area contributed by atoms with Crippen molar-refractivity contribution in [1.82, 2.24) is 0 Å². The molecule has 0 radical (unpaired) electrons. The summed E-state index contributed by atoms with van der Waals surface area (Å²) in [6.45, 7) is 0.991. The smallest absolute Gasteiger partial charge is 0.260 e. The van der Waals surface area contributed by atoms with Crippen molar-refractivity contribution in [2.24, 2.45) is 10.8 Å². The Balaban J connectivity index is 2.19. The van der Waals surface area contributed by atoms with Crippen LogP contribution in [0.4, 0.5) is 0 Å². The highest BCUT2D eigenvalue weighted by Crippen LogP contribution is 2.33. The Bertz CT molecular complexity index is 934. The zero-order valence-corrected chi connectivity index (χ0v) is 23.6. The van der Waals surface area contributed by atoms with Gasteiger partial charge in [0.2, 0.25) is 5.78 Å². The maximum absolute atomic E-state index is 13.5. The molecule has 0 aliphatic heterocycles. The van der Waals surface area contributed by atoms with Crippen molar-refractivity contribution in [3.63, 3.8) is 0 Å². The normalized spacial score (nSPS) is 13.7. The van der Waals surface area contributed by atoms with Crippen molar-refractivity contribution in [1.29, 1.82) is 0 Å². The van der Waals surface area contributed by atoms with Crippen LogP contribution in [0.25, 0.3) is 0 Å². The highest BCUT2D eigenvalue weighted by atomic mass is 127. The molecule has 0 aliphatic carbocycles. The van der Waals surface area contributed by atoms with E-state index in [2.05, 4.69) is 22.6 Å². The number of rotatable bonds is 17. The van der Waals surface area contributed by atoms with Gasteiger partial charge in [0, 0.05) is 35.2 Å². The molecule has 0 spiro atoms. The Morgan fingerprint density at radius 3 is 1.57 bits per heavy atom. The van der Waals surface area contributed by atoms with Gasteiger partial charge in [0.25, 0.3) is 5.79 Å². The second-order valence-corrected chi connectivity index (χ2v) is 9.86. The number of halogens is 1. The maximum Gasteiger partial charge on any atom is 0.260 e. The number of hydrogen-bond acceptors (Lipinski definition) is 9. The first-order valence-corrected chi connectivity index (χ1v) is 13.4. The lowest BCUT2D eigenvalue weighted by molar-refractivity contribution is -0.176. The Hall–Kier alpha value is -1.80. The van der Waals surface area contributed by atoms with E-state index in [0.717, 1.165) is 10.8 Å². The minimum Gasteiger partial charge on any atom is -0.493 e. The molecule has 0 amide bonds. The standard InChI is InChI=1S/C27H37IO9/c1-4-25(13-28,14-29)18-36-23-11-7-21(8-12-23)27(34-2,35-3)24(33)20-5-9-22(10-6-20)37-19-26(15-30,16-31)17-32/h5-12,29-32H,4,13-19H2,1-3H3. The Labute approximate surface area is 231 Å². The molecule has 0 bridgehead atoms. The molecule has 0 saturated carbocycles. The molecule has 0 aliphatic rings. The van der Waals surface area contributed by atoms with Crippen LogP contribution in [0.15, 0.2) is 48.5 Å². The van der Waals surface area contributed by atoms with E-state index < -0.39 is 36.8 Å². The molecule has 1 atom stereocenters. The van der Waals surface area contributed by atoms with Crippen molar-refractivity contribution in [3.05, 3.63) is 59.7 Å². The van der Waals surface area contributed by atoms with E-state index in [1.165, 1.54) is 14.2 Å². The monoisotopic (exact) mass is 632 g/mol. The molecule has 4 N–H and O–H groups in total. The van der Waals surface area contributed by atoms with E-state index in [-0.39, 0.29) is 18.6 Å². The number of Topliss-reactive ketones (excluding diaryl/α,β-unsaturated/α-hetero) is 1. The van der Waals surface area contributed by atoms with Crippen molar-refractivity contribution in [2.75, 3.05) is 58.3 Å². The number of ketones is 1. The van der Waals surface area contributed by atoms with Crippen LogP contribution in [-0.4, -0.2) is 84.5 Å². The molecule has 2 aromatic carbocycles. The van der Waals surface area contributed by atoms with Crippen LogP contribution in [0.1, 0.15) is 29.3 Å². The molecule has 0 saturated heterocycles. The number of ether oxygens (including phenoxy) is 4. The van der Waals surface area contributed by atoms with Gasteiger partial charge in [-0.3, -0.25) is 4.79 Å². The summed E-state index contributed by atoms with van der Waals surface area (Å²) in [5, 5.41) is 38.1. The molecule has 10 heteroatoms. The van der Waals surface area contributed by atoms with Gasteiger partial charge in [0.05, 0.1) is 38.4 Å². The second kappa shape index (κ2) is 14.4. The third-order valence-corrected chi connectivity index (χ3v) is 8.31. The van der Waals surface area contributed by atoms with Crippen LogP contribution in [0, 0.1) is 10.8 Å². The number of aliphatic hydroxyl groups is 4. The van der Waals surface area contributed by atoms with Gasteiger partial charge in [0.1, 0.15) is 18.1 Å². The molecule has 206 valence electrons. The molecule has 2 aromatic rings. The number of alkyl halides is 1. The Morgan fingerprint density at radius 1 is 0.757 bits per heavy atom. The lowest BCUT2D eigenvalue weighted by Crippen LogP contribution is -2.40. The summed E-state index contributed by atoms with van der Waals surface area (Å²) >= 11 is 2.25. The first kappa shape index (κ1) is 31.4. The fourth-order valence-corrected chi connectivity index (χ4v) is 4.49. The molecule has 0 heterocycles. The first-order chi connectivity index (χ1) is 17.8. The van der Waals surface area contributed by atoms with E-state index in [1.807, 2.05) is 6.92 Å². The summed E-state index contributed by atoms with van der Waals surface area (Å²) in [5.74, 6) is -1.12. The molecule has 0 aromatic heterocycles. The predicted octanol–water partition coefficient (Wildman–Crippen LogP) is 2.56. The molecule has 37 heavy (non-hydrogen) atoms. The fourth-order valence-electron chi connectivity index (χ4n) is 3.49. The van der Waals surface area contributed by atoms with Crippen molar-refractivity contribution < 1.29 is 44.2 Å². The highest BCUT2D eigenvalue weighted by molar-refractivity contribution is 14.1. The number of benzene rings is 2. The van der Waals surface area contributed by atoms with Crippen molar-refractivity contribution in [2.45, 2.75) is 19.1 Å². The summed E-state index contributed by atoms with van der Waals surface area (Å²) in [7, 11) is 2.78. The SMILES string of the molecule is CCC(CO)(CI)COc1ccc(C(OC)(OC)C(=O)c2ccc(OCC(CO)(CO)CO)cc2)cc1. The van der Waals surface area contributed by atoms with Gasteiger partial charge in [-0.1, -0.05) is 29.5 Å². The van der Waals surface area contributed by atoms with Crippen LogP contribution in [-0.2, 0) is 15.3 Å². The zero-order chi connectivity index (χ0) is 27.5. The highest BCUT2D eigenvalue weighted by Gasteiger charge is 2.41. The molecular weight excluding hydrogens is 595 g/mol. The van der Waals surface area contributed by atoms with Crippen LogP contribution in [0.5, 0.6) is 11.5 Å². The minimum absolute atomic E-state index is 0.0322. The van der Waals surface area contributed by atoms with Crippen LogP contribution >= 0.6 is 22.6 Å². The molecule has 1 unspecified atom stereocenters. The maximum atomic E-state index is 13.5. The van der Waals surface area contributed by atoms with Crippen LogP contribution in [0.2, 0.25) is 0 Å². The van der Waals surface area contributed by atoms with E-state index >= 15 is 0 Å². The molecule has 0 fully saturated rings. The quantitative estimate of drug-likeness (QED) is 0.0899. The lowest BCUT2D eigenvalue weighted by atomic mass is 9.90. The number of carbonyl (C=O) groups is 1.